The van der Waals surface area contributed by atoms with Gasteiger partial charge in [0.1, 0.15) is 0 Å². The van der Waals surface area contributed by atoms with Gasteiger partial charge in [-0.3, -0.25) is 0 Å². The SMILES string of the molecule is CCNCc1cc(Br)c(OCCCCOC)c(OCC)c1. The Balaban J connectivity index is 2.71. The van der Waals surface area contributed by atoms with E-state index in [0.29, 0.717) is 13.2 Å². The van der Waals surface area contributed by atoms with Crippen molar-refractivity contribution in [2.24, 2.45) is 0 Å². The fourth-order valence-corrected chi connectivity index (χ4v) is 2.52. The van der Waals surface area contributed by atoms with Crippen LogP contribution in [0.3, 0.4) is 0 Å². The Labute approximate surface area is 136 Å². The second-order valence-electron chi connectivity index (χ2n) is 4.67. The zero-order valence-corrected chi connectivity index (χ0v) is 14.8. The number of hydrogen-bond acceptors (Lipinski definition) is 4. The molecular formula is C16H26BrNO3. The first-order chi connectivity index (χ1) is 10.2. The van der Waals surface area contributed by atoms with Crippen molar-refractivity contribution in [1.29, 1.82) is 0 Å². The van der Waals surface area contributed by atoms with Crippen molar-refractivity contribution in [2.75, 3.05) is 33.5 Å². The van der Waals surface area contributed by atoms with Crippen molar-refractivity contribution >= 4 is 15.9 Å². The normalized spacial score (nSPS) is 10.7. The second-order valence-corrected chi connectivity index (χ2v) is 5.52. The molecule has 0 saturated carbocycles. The molecule has 1 aromatic carbocycles. The molecule has 1 N–H and O–H groups in total. The number of hydrogen-bond donors (Lipinski definition) is 1. The molecule has 5 heteroatoms. The van der Waals surface area contributed by atoms with Gasteiger partial charge in [-0.05, 0) is 59.9 Å². The lowest BCUT2D eigenvalue weighted by Crippen LogP contribution is -2.12. The van der Waals surface area contributed by atoms with Gasteiger partial charge in [-0.15, -0.1) is 0 Å². The number of rotatable bonds is 11. The van der Waals surface area contributed by atoms with E-state index in [1.807, 2.05) is 13.0 Å². The molecule has 0 aliphatic rings. The number of benzene rings is 1. The van der Waals surface area contributed by atoms with Crippen molar-refractivity contribution in [3.8, 4) is 11.5 Å². The maximum atomic E-state index is 5.88. The summed E-state index contributed by atoms with van der Waals surface area (Å²) >= 11 is 3.59. The number of nitrogens with one attached hydrogen (secondary N) is 1. The Morgan fingerprint density at radius 1 is 1.10 bits per heavy atom. The standard InChI is InChI=1S/C16H26BrNO3/c1-4-18-12-13-10-14(17)16(15(11-13)20-5-2)21-9-7-6-8-19-3/h10-11,18H,4-9,12H2,1-3H3. The minimum atomic E-state index is 0.622. The first-order valence-corrected chi connectivity index (χ1v) is 8.29. The molecule has 0 amide bonds. The lowest BCUT2D eigenvalue weighted by molar-refractivity contribution is 0.183. The van der Waals surface area contributed by atoms with Crippen molar-refractivity contribution in [1.82, 2.24) is 5.32 Å². The number of halogens is 1. The zero-order valence-electron chi connectivity index (χ0n) is 13.2. The number of methoxy groups -OCH3 is 1. The van der Waals surface area contributed by atoms with Crippen molar-refractivity contribution in [3.63, 3.8) is 0 Å². The van der Waals surface area contributed by atoms with Crippen LogP contribution in [0.25, 0.3) is 0 Å². The van der Waals surface area contributed by atoms with Gasteiger partial charge in [0.25, 0.3) is 0 Å². The number of unbranched alkanes of at least 4 members (excludes halogenated alkanes) is 1. The fourth-order valence-electron chi connectivity index (χ4n) is 1.92. The summed E-state index contributed by atoms with van der Waals surface area (Å²) in [6, 6.07) is 4.12. The van der Waals surface area contributed by atoms with Gasteiger partial charge in [-0.2, -0.15) is 0 Å². The molecule has 0 aliphatic heterocycles. The van der Waals surface area contributed by atoms with E-state index in [9.17, 15) is 0 Å². The molecule has 21 heavy (non-hydrogen) atoms. The van der Waals surface area contributed by atoms with E-state index in [2.05, 4.69) is 34.2 Å². The van der Waals surface area contributed by atoms with Crippen LogP contribution in [0.1, 0.15) is 32.3 Å². The van der Waals surface area contributed by atoms with Gasteiger partial charge in [-0.1, -0.05) is 6.92 Å². The van der Waals surface area contributed by atoms with Gasteiger partial charge in [0.05, 0.1) is 17.7 Å². The van der Waals surface area contributed by atoms with Crippen LogP contribution in [0.2, 0.25) is 0 Å². The lowest BCUT2D eigenvalue weighted by atomic mass is 10.2. The highest BCUT2D eigenvalue weighted by Gasteiger charge is 2.12. The average Bonchev–Trinajstić information content (AvgIpc) is 2.47. The van der Waals surface area contributed by atoms with E-state index in [0.717, 1.165) is 48.5 Å². The summed E-state index contributed by atoms with van der Waals surface area (Å²) in [7, 11) is 1.72. The summed E-state index contributed by atoms with van der Waals surface area (Å²) in [4.78, 5) is 0. The predicted molar refractivity (Wildman–Crippen MR) is 89.3 cm³/mol. The van der Waals surface area contributed by atoms with E-state index < -0.39 is 0 Å². The highest BCUT2D eigenvalue weighted by Crippen LogP contribution is 2.37. The Morgan fingerprint density at radius 3 is 2.52 bits per heavy atom. The van der Waals surface area contributed by atoms with Crippen LogP contribution in [0.15, 0.2) is 16.6 Å². The van der Waals surface area contributed by atoms with Crippen LogP contribution < -0.4 is 14.8 Å². The van der Waals surface area contributed by atoms with Gasteiger partial charge in [-0.25, -0.2) is 0 Å². The second kappa shape index (κ2) is 10.9. The summed E-state index contributed by atoms with van der Waals surface area (Å²) < 4.78 is 17.6. The molecule has 1 aromatic rings. The minimum Gasteiger partial charge on any atom is -0.490 e. The van der Waals surface area contributed by atoms with E-state index in [4.69, 9.17) is 14.2 Å². The quantitative estimate of drug-likeness (QED) is 0.610. The Morgan fingerprint density at radius 2 is 1.86 bits per heavy atom. The Bertz CT molecular complexity index is 413. The molecule has 120 valence electrons. The summed E-state index contributed by atoms with van der Waals surface area (Å²) in [5.74, 6) is 1.58. The summed E-state index contributed by atoms with van der Waals surface area (Å²) in [6.07, 6.45) is 1.96. The van der Waals surface area contributed by atoms with Crippen LogP contribution in [0.4, 0.5) is 0 Å². The molecule has 0 radical (unpaired) electrons. The third kappa shape index (κ3) is 6.68. The number of ether oxygens (including phenoxy) is 3. The van der Waals surface area contributed by atoms with Gasteiger partial charge in [0, 0.05) is 20.3 Å². The highest BCUT2D eigenvalue weighted by molar-refractivity contribution is 9.10. The third-order valence-corrected chi connectivity index (χ3v) is 3.53. The van der Waals surface area contributed by atoms with E-state index >= 15 is 0 Å². The van der Waals surface area contributed by atoms with Crippen molar-refractivity contribution < 1.29 is 14.2 Å². The van der Waals surface area contributed by atoms with Crippen molar-refractivity contribution in [2.45, 2.75) is 33.2 Å². The van der Waals surface area contributed by atoms with Crippen LogP contribution in [-0.4, -0.2) is 33.5 Å². The largest absolute Gasteiger partial charge is 0.490 e. The highest BCUT2D eigenvalue weighted by atomic mass is 79.9. The molecule has 0 aliphatic carbocycles. The maximum absolute atomic E-state index is 5.88. The molecule has 0 spiro atoms. The molecule has 0 atom stereocenters. The van der Waals surface area contributed by atoms with Gasteiger partial charge >= 0.3 is 0 Å². The molecule has 0 saturated heterocycles. The van der Waals surface area contributed by atoms with E-state index in [1.54, 1.807) is 7.11 Å². The van der Waals surface area contributed by atoms with Crippen LogP contribution in [-0.2, 0) is 11.3 Å². The van der Waals surface area contributed by atoms with Crippen LogP contribution in [0, 0.1) is 0 Å². The Kier molecular flexibility index (Phi) is 9.46. The van der Waals surface area contributed by atoms with Crippen LogP contribution in [0.5, 0.6) is 11.5 Å². The van der Waals surface area contributed by atoms with Gasteiger partial charge in [0.2, 0.25) is 0 Å². The predicted octanol–water partition coefficient (Wildman–Crippen LogP) is 3.76. The summed E-state index contributed by atoms with van der Waals surface area (Å²) in [5, 5.41) is 3.32. The lowest BCUT2D eigenvalue weighted by Gasteiger charge is -2.15. The fraction of sp³-hybridized carbons (Fsp3) is 0.625. The molecule has 0 fully saturated rings. The van der Waals surface area contributed by atoms with Crippen LogP contribution >= 0.6 is 15.9 Å². The molecular weight excluding hydrogens is 334 g/mol. The molecule has 0 heterocycles. The van der Waals surface area contributed by atoms with E-state index in [1.165, 1.54) is 5.56 Å². The minimum absolute atomic E-state index is 0.622. The van der Waals surface area contributed by atoms with Crippen molar-refractivity contribution in [3.05, 3.63) is 22.2 Å². The monoisotopic (exact) mass is 359 g/mol. The molecule has 1 rings (SSSR count). The maximum Gasteiger partial charge on any atom is 0.175 e. The molecule has 4 nitrogen and oxygen atoms in total. The third-order valence-electron chi connectivity index (χ3n) is 2.94. The zero-order chi connectivity index (χ0) is 15.5. The topological polar surface area (TPSA) is 39.7 Å². The summed E-state index contributed by atoms with van der Waals surface area (Å²) in [5.41, 5.74) is 1.18. The molecule has 0 unspecified atom stereocenters. The molecule has 0 bridgehead atoms. The van der Waals surface area contributed by atoms with E-state index in [-0.39, 0.29) is 0 Å². The Hall–Kier alpha value is -0.780. The first kappa shape index (κ1) is 18.3. The molecule has 0 aromatic heterocycles. The van der Waals surface area contributed by atoms with Gasteiger partial charge < -0.3 is 19.5 Å². The smallest absolute Gasteiger partial charge is 0.175 e. The van der Waals surface area contributed by atoms with Gasteiger partial charge in [0.15, 0.2) is 11.5 Å². The first-order valence-electron chi connectivity index (χ1n) is 7.50. The summed E-state index contributed by atoms with van der Waals surface area (Å²) in [6.45, 7) is 7.89. The average molecular weight is 360 g/mol.